The van der Waals surface area contributed by atoms with Gasteiger partial charge in [-0.3, -0.25) is 0 Å². The smallest absolute Gasteiger partial charge is 0.177 e. The number of nitrogens with one attached hydrogen (secondary N) is 1. The molecule has 0 fully saturated rings. The van der Waals surface area contributed by atoms with Gasteiger partial charge in [0.25, 0.3) is 0 Å². The third-order valence-corrected chi connectivity index (χ3v) is 2.12. The van der Waals surface area contributed by atoms with Gasteiger partial charge in [-0.25, -0.2) is 4.39 Å². The molecule has 0 saturated carbocycles. The second-order valence-electron chi connectivity index (χ2n) is 3.41. The third-order valence-electron chi connectivity index (χ3n) is 2.12. The van der Waals surface area contributed by atoms with E-state index in [0.717, 1.165) is 12.2 Å². The van der Waals surface area contributed by atoms with Crippen LogP contribution in [0.3, 0.4) is 0 Å². The van der Waals surface area contributed by atoms with E-state index in [2.05, 4.69) is 12.2 Å². The Labute approximate surface area is 76.7 Å². The van der Waals surface area contributed by atoms with Crippen LogP contribution in [0.5, 0.6) is 5.75 Å². The lowest BCUT2D eigenvalue weighted by atomic mass is 10.2. The van der Waals surface area contributed by atoms with Gasteiger partial charge in [-0.05, 0) is 12.1 Å². The van der Waals surface area contributed by atoms with E-state index in [4.69, 9.17) is 4.74 Å². The van der Waals surface area contributed by atoms with Crippen LogP contribution < -0.4 is 10.1 Å². The highest BCUT2D eigenvalue weighted by Crippen LogP contribution is 2.30. The van der Waals surface area contributed by atoms with Crippen LogP contribution in [0.1, 0.15) is 6.92 Å². The highest BCUT2D eigenvalue weighted by atomic mass is 19.1. The Morgan fingerprint density at radius 3 is 3.23 bits per heavy atom. The molecule has 0 spiro atoms. The summed E-state index contributed by atoms with van der Waals surface area (Å²) in [5, 5.41) is 3.15. The number of halogens is 1. The Bertz CT molecular complexity index is 314. The van der Waals surface area contributed by atoms with E-state index < -0.39 is 0 Å². The van der Waals surface area contributed by atoms with Gasteiger partial charge in [0.15, 0.2) is 11.6 Å². The maximum absolute atomic E-state index is 13.2. The Hall–Kier alpha value is -1.25. The summed E-state index contributed by atoms with van der Waals surface area (Å²) in [5.41, 5.74) is 0.754. The van der Waals surface area contributed by atoms with Crippen molar-refractivity contribution < 1.29 is 9.13 Å². The average Bonchev–Trinajstić information content (AvgIpc) is 2.30. The van der Waals surface area contributed by atoms with E-state index in [-0.39, 0.29) is 5.82 Å². The van der Waals surface area contributed by atoms with E-state index in [0.29, 0.717) is 18.3 Å². The van der Waals surface area contributed by atoms with Crippen LogP contribution in [0.4, 0.5) is 10.1 Å². The van der Waals surface area contributed by atoms with Gasteiger partial charge in [0, 0.05) is 12.5 Å². The fourth-order valence-corrected chi connectivity index (χ4v) is 1.36. The molecular formula is C10H12FNO. The fourth-order valence-electron chi connectivity index (χ4n) is 1.36. The van der Waals surface area contributed by atoms with E-state index in [1.165, 1.54) is 6.07 Å². The van der Waals surface area contributed by atoms with Crippen LogP contribution in [-0.4, -0.2) is 13.2 Å². The summed E-state index contributed by atoms with van der Waals surface area (Å²) in [6.45, 7) is 3.47. The average molecular weight is 181 g/mol. The van der Waals surface area contributed by atoms with Crippen molar-refractivity contribution in [3.05, 3.63) is 24.0 Å². The summed E-state index contributed by atoms with van der Waals surface area (Å²) in [5.74, 6) is 0.470. The minimum absolute atomic E-state index is 0.292. The minimum atomic E-state index is -0.292. The second kappa shape index (κ2) is 3.24. The SMILES string of the molecule is CC1CNc2cccc(F)c2OC1. The predicted molar refractivity (Wildman–Crippen MR) is 49.5 cm³/mol. The summed E-state index contributed by atoms with van der Waals surface area (Å²) in [6.07, 6.45) is 0. The van der Waals surface area contributed by atoms with Crippen LogP contribution in [0, 0.1) is 11.7 Å². The molecule has 1 unspecified atom stereocenters. The first kappa shape index (κ1) is 8.35. The van der Waals surface area contributed by atoms with Gasteiger partial charge in [-0.1, -0.05) is 13.0 Å². The topological polar surface area (TPSA) is 21.3 Å². The molecule has 13 heavy (non-hydrogen) atoms. The van der Waals surface area contributed by atoms with Gasteiger partial charge < -0.3 is 10.1 Å². The molecule has 0 amide bonds. The lowest BCUT2D eigenvalue weighted by Gasteiger charge is -2.07. The quantitative estimate of drug-likeness (QED) is 0.663. The molecule has 2 rings (SSSR count). The first-order valence-corrected chi connectivity index (χ1v) is 4.42. The standard InChI is InChI=1S/C10H12FNO/c1-7-5-12-9-4-2-3-8(11)10(9)13-6-7/h2-4,7,12H,5-6H2,1H3. The molecule has 1 aliphatic rings. The van der Waals surface area contributed by atoms with Gasteiger partial charge >= 0.3 is 0 Å². The highest BCUT2D eigenvalue weighted by molar-refractivity contribution is 5.57. The van der Waals surface area contributed by atoms with Crippen LogP contribution >= 0.6 is 0 Å². The molecule has 1 heterocycles. The summed E-state index contributed by atoms with van der Waals surface area (Å²) < 4.78 is 18.6. The van der Waals surface area contributed by atoms with Crippen molar-refractivity contribution in [1.29, 1.82) is 0 Å². The molecule has 1 aromatic carbocycles. The molecule has 2 nitrogen and oxygen atoms in total. The molecule has 0 bridgehead atoms. The number of rotatable bonds is 0. The number of anilines is 1. The molecule has 0 aromatic heterocycles. The number of hydrogen-bond donors (Lipinski definition) is 1. The number of benzene rings is 1. The molecule has 1 aromatic rings. The Kier molecular flexibility index (Phi) is 2.08. The van der Waals surface area contributed by atoms with Gasteiger partial charge in [0.2, 0.25) is 0 Å². The predicted octanol–water partition coefficient (Wildman–Crippen LogP) is 2.27. The molecule has 0 radical (unpaired) electrons. The largest absolute Gasteiger partial charge is 0.488 e. The molecule has 1 N–H and O–H groups in total. The second-order valence-corrected chi connectivity index (χ2v) is 3.41. The normalized spacial score (nSPS) is 20.9. The van der Waals surface area contributed by atoms with E-state index in [1.807, 2.05) is 6.07 Å². The maximum Gasteiger partial charge on any atom is 0.177 e. The lowest BCUT2D eigenvalue weighted by Crippen LogP contribution is -2.13. The molecule has 0 aliphatic carbocycles. The monoisotopic (exact) mass is 181 g/mol. The molecule has 3 heteroatoms. The van der Waals surface area contributed by atoms with Crippen molar-refractivity contribution in [3.8, 4) is 5.75 Å². The Balaban J connectivity index is 2.35. The van der Waals surface area contributed by atoms with Crippen molar-refractivity contribution in [3.63, 3.8) is 0 Å². The van der Waals surface area contributed by atoms with Gasteiger partial charge in [0.1, 0.15) is 0 Å². The lowest BCUT2D eigenvalue weighted by molar-refractivity contribution is 0.264. The van der Waals surface area contributed by atoms with Crippen molar-refractivity contribution in [2.75, 3.05) is 18.5 Å². The number of hydrogen-bond acceptors (Lipinski definition) is 2. The van der Waals surface area contributed by atoms with Crippen LogP contribution in [0.2, 0.25) is 0 Å². The van der Waals surface area contributed by atoms with Crippen molar-refractivity contribution in [2.45, 2.75) is 6.92 Å². The molecule has 1 aliphatic heterocycles. The number of para-hydroxylation sites is 1. The van der Waals surface area contributed by atoms with Gasteiger partial charge in [-0.15, -0.1) is 0 Å². The van der Waals surface area contributed by atoms with Gasteiger partial charge in [-0.2, -0.15) is 0 Å². The summed E-state index contributed by atoms with van der Waals surface area (Å²) >= 11 is 0. The summed E-state index contributed by atoms with van der Waals surface area (Å²) in [4.78, 5) is 0. The molecule has 0 saturated heterocycles. The zero-order valence-corrected chi connectivity index (χ0v) is 7.51. The van der Waals surface area contributed by atoms with Crippen LogP contribution in [0.15, 0.2) is 18.2 Å². The van der Waals surface area contributed by atoms with Gasteiger partial charge in [0.05, 0.1) is 12.3 Å². The maximum atomic E-state index is 13.2. The minimum Gasteiger partial charge on any atom is -0.488 e. The van der Waals surface area contributed by atoms with Crippen molar-refractivity contribution >= 4 is 5.69 Å². The number of ether oxygens (including phenoxy) is 1. The molecule has 70 valence electrons. The Morgan fingerprint density at radius 2 is 2.38 bits per heavy atom. The van der Waals surface area contributed by atoms with E-state index in [1.54, 1.807) is 6.07 Å². The fraction of sp³-hybridized carbons (Fsp3) is 0.400. The van der Waals surface area contributed by atoms with Crippen LogP contribution in [-0.2, 0) is 0 Å². The van der Waals surface area contributed by atoms with E-state index in [9.17, 15) is 4.39 Å². The van der Waals surface area contributed by atoms with Crippen LogP contribution in [0.25, 0.3) is 0 Å². The molecule has 1 atom stereocenters. The van der Waals surface area contributed by atoms with Crippen molar-refractivity contribution in [1.82, 2.24) is 0 Å². The first-order chi connectivity index (χ1) is 6.27. The zero-order valence-electron chi connectivity index (χ0n) is 7.51. The molecular weight excluding hydrogens is 169 g/mol. The Morgan fingerprint density at radius 1 is 1.54 bits per heavy atom. The summed E-state index contributed by atoms with van der Waals surface area (Å²) in [6, 6.07) is 4.92. The highest BCUT2D eigenvalue weighted by Gasteiger charge is 2.15. The first-order valence-electron chi connectivity index (χ1n) is 4.42. The third kappa shape index (κ3) is 1.59. The number of fused-ring (bicyclic) bond motifs is 1. The summed E-state index contributed by atoms with van der Waals surface area (Å²) in [7, 11) is 0. The van der Waals surface area contributed by atoms with Crippen molar-refractivity contribution in [2.24, 2.45) is 5.92 Å². The zero-order chi connectivity index (χ0) is 9.26. The van der Waals surface area contributed by atoms with E-state index >= 15 is 0 Å².